The normalized spacial score (nSPS) is 15.9. The minimum atomic E-state index is -2.85. The molecular formula is C18H29F2N9O. The van der Waals surface area contributed by atoms with Crippen molar-refractivity contribution in [1.29, 1.82) is 0 Å². The number of nitrogens with one attached hydrogen (secondary N) is 1. The van der Waals surface area contributed by atoms with Gasteiger partial charge in [0, 0.05) is 38.9 Å². The number of nitrogens with two attached hydrogens (primary N) is 1. The predicted octanol–water partition coefficient (Wildman–Crippen LogP) is 0.283. The van der Waals surface area contributed by atoms with E-state index in [1.54, 1.807) is 0 Å². The molecular weight excluding hydrogens is 396 g/mol. The molecule has 30 heavy (non-hydrogen) atoms. The summed E-state index contributed by atoms with van der Waals surface area (Å²) in [7, 11) is 3.83. The Hall–Kier alpha value is -2.57. The molecule has 0 radical (unpaired) electrons. The van der Waals surface area contributed by atoms with Crippen molar-refractivity contribution in [2.75, 3.05) is 72.3 Å². The van der Waals surface area contributed by atoms with Crippen molar-refractivity contribution in [3.8, 4) is 0 Å². The summed E-state index contributed by atoms with van der Waals surface area (Å²) in [6.45, 7) is 8.35. The fraction of sp³-hybridized carbons (Fsp3) is 0.611. The second-order valence-electron chi connectivity index (χ2n) is 6.61. The Kier molecular flexibility index (Phi) is 9.64. The molecule has 1 aliphatic heterocycles. The Labute approximate surface area is 175 Å². The Bertz CT molecular complexity index is 751. The molecule has 10 nitrogen and oxygen atoms in total. The largest absolute Gasteiger partial charge is 0.378 e. The number of hydrogen-bond acceptors (Lipinski definition) is 7. The number of likely N-dealkylation sites (N-methyl/N-ethyl adjacent to an activating group) is 2. The maximum atomic E-state index is 13.6. The van der Waals surface area contributed by atoms with Crippen LogP contribution in [0.1, 0.15) is 17.7 Å². The molecule has 0 saturated carbocycles. The molecule has 2 heterocycles. The van der Waals surface area contributed by atoms with Crippen LogP contribution in [0.5, 0.6) is 0 Å². The van der Waals surface area contributed by atoms with Gasteiger partial charge in [0.1, 0.15) is 5.69 Å². The third kappa shape index (κ3) is 7.04. The van der Waals surface area contributed by atoms with Gasteiger partial charge in [-0.1, -0.05) is 0 Å². The summed E-state index contributed by atoms with van der Waals surface area (Å²) in [5.41, 5.74) is 5.01. The third-order valence-corrected chi connectivity index (χ3v) is 4.41. The van der Waals surface area contributed by atoms with E-state index < -0.39 is 12.1 Å². The molecule has 0 unspecified atom stereocenters. The molecule has 0 bridgehead atoms. The lowest BCUT2D eigenvalue weighted by Gasteiger charge is -2.27. The number of rotatable bonds is 8. The van der Waals surface area contributed by atoms with E-state index in [-0.39, 0.29) is 23.3 Å². The maximum Gasteiger partial charge on any atom is 0.281 e. The first-order chi connectivity index (χ1) is 14.5. The molecule has 3 N–H and O–H groups in total. The van der Waals surface area contributed by atoms with Gasteiger partial charge < -0.3 is 25.6 Å². The van der Waals surface area contributed by atoms with E-state index in [0.717, 1.165) is 13.1 Å². The van der Waals surface area contributed by atoms with Crippen molar-refractivity contribution in [3.05, 3.63) is 17.5 Å². The predicted molar refractivity (Wildman–Crippen MR) is 114 cm³/mol. The van der Waals surface area contributed by atoms with Crippen molar-refractivity contribution in [1.82, 2.24) is 25.1 Å². The first kappa shape index (κ1) is 23.7. The first-order valence-corrected chi connectivity index (χ1v) is 9.62. The number of alkyl halides is 2. The van der Waals surface area contributed by atoms with Gasteiger partial charge in [-0.3, -0.25) is 4.99 Å². The molecule has 1 aromatic heterocycles. The molecule has 1 saturated heterocycles. The van der Waals surface area contributed by atoms with Crippen LogP contribution in [-0.2, 0) is 4.74 Å². The third-order valence-electron chi connectivity index (χ3n) is 4.41. The van der Waals surface area contributed by atoms with Crippen molar-refractivity contribution in [3.63, 3.8) is 0 Å². The zero-order chi connectivity index (χ0) is 21.9. The van der Waals surface area contributed by atoms with E-state index >= 15 is 0 Å². The lowest BCUT2D eigenvalue weighted by Crippen LogP contribution is -2.40. The summed E-state index contributed by atoms with van der Waals surface area (Å²) in [6.07, 6.45) is -1.63. The molecule has 0 spiro atoms. The van der Waals surface area contributed by atoms with Crippen LogP contribution < -0.4 is 11.1 Å². The van der Waals surface area contributed by atoms with Crippen LogP contribution in [0.2, 0.25) is 0 Å². The highest BCUT2D eigenvalue weighted by molar-refractivity contribution is 6.07. The van der Waals surface area contributed by atoms with Crippen molar-refractivity contribution < 1.29 is 13.5 Å². The molecule has 0 amide bonds. The number of aromatic nitrogens is 2. The first-order valence-electron chi connectivity index (χ1n) is 9.62. The number of amidine groups is 1. The van der Waals surface area contributed by atoms with Crippen molar-refractivity contribution >= 4 is 24.5 Å². The minimum absolute atomic E-state index is 0.0199. The van der Waals surface area contributed by atoms with Gasteiger partial charge in [-0.2, -0.15) is 4.99 Å². The fourth-order valence-electron chi connectivity index (χ4n) is 2.73. The second kappa shape index (κ2) is 12.2. The van der Waals surface area contributed by atoms with E-state index in [9.17, 15) is 8.78 Å². The molecule has 0 aliphatic carbocycles. The number of ether oxygens (including phenoxy) is 1. The number of hydrogen-bond donors (Lipinski definition) is 2. The van der Waals surface area contributed by atoms with Gasteiger partial charge in [0.05, 0.1) is 25.3 Å². The number of morpholine rings is 1. The number of nitrogens with zero attached hydrogens (tertiary/aromatic N) is 7. The van der Waals surface area contributed by atoms with Crippen LogP contribution in [0.15, 0.2) is 21.2 Å². The molecule has 1 fully saturated rings. The summed E-state index contributed by atoms with van der Waals surface area (Å²) >= 11 is 0. The summed E-state index contributed by atoms with van der Waals surface area (Å²) in [5, 5.41) is 3.07. The lowest BCUT2D eigenvalue weighted by atomic mass is 10.2. The van der Waals surface area contributed by atoms with Crippen LogP contribution in [0.3, 0.4) is 0 Å². The van der Waals surface area contributed by atoms with Gasteiger partial charge >= 0.3 is 0 Å². The maximum absolute atomic E-state index is 13.6. The molecule has 1 aromatic rings. The van der Waals surface area contributed by atoms with E-state index in [2.05, 4.69) is 41.9 Å². The molecule has 1 aliphatic rings. The van der Waals surface area contributed by atoms with Gasteiger partial charge in [-0.05, 0) is 20.8 Å². The average Bonchev–Trinajstić information content (AvgIpc) is 2.75. The number of guanidine groups is 1. The molecule has 2 rings (SSSR count). The van der Waals surface area contributed by atoms with Crippen LogP contribution >= 0.6 is 0 Å². The SMILES string of the molecule is C=NC(=NC(=NCCN(C)CCNC)c1cnc(N)nc1C(F)F)N1CCOCC1. The van der Waals surface area contributed by atoms with E-state index in [4.69, 9.17) is 10.5 Å². The smallest absolute Gasteiger partial charge is 0.281 e. The summed E-state index contributed by atoms with van der Waals surface area (Å²) in [6, 6.07) is 0. The summed E-state index contributed by atoms with van der Waals surface area (Å²) in [4.78, 5) is 24.4. The Morgan fingerprint density at radius 1 is 1.40 bits per heavy atom. The zero-order valence-corrected chi connectivity index (χ0v) is 17.4. The quantitative estimate of drug-likeness (QED) is 0.454. The highest BCUT2D eigenvalue weighted by atomic mass is 19.3. The van der Waals surface area contributed by atoms with Crippen LogP contribution in [0.25, 0.3) is 0 Å². The minimum Gasteiger partial charge on any atom is -0.378 e. The topological polar surface area (TPSA) is 117 Å². The van der Waals surface area contributed by atoms with Crippen LogP contribution in [0.4, 0.5) is 14.7 Å². The summed E-state index contributed by atoms with van der Waals surface area (Å²) < 4.78 is 32.5. The Morgan fingerprint density at radius 3 is 2.77 bits per heavy atom. The van der Waals surface area contributed by atoms with E-state index in [0.29, 0.717) is 39.4 Å². The summed E-state index contributed by atoms with van der Waals surface area (Å²) in [5.74, 6) is 0.123. The Balaban J connectivity index is 2.36. The lowest BCUT2D eigenvalue weighted by molar-refractivity contribution is 0.0677. The van der Waals surface area contributed by atoms with Crippen LogP contribution in [0, 0.1) is 0 Å². The van der Waals surface area contributed by atoms with Gasteiger partial charge in [0.15, 0.2) is 5.84 Å². The highest BCUT2D eigenvalue weighted by Crippen LogP contribution is 2.22. The Morgan fingerprint density at radius 2 is 2.13 bits per heavy atom. The van der Waals surface area contributed by atoms with Gasteiger partial charge in [0.2, 0.25) is 11.9 Å². The molecule has 0 atom stereocenters. The van der Waals surface area contributed by atoms with E-state index in [1.165, 1.54) is 6.20 Å². The number of nitrogen functional groups attached to an aromatic ring is 1. The van der Waals surface area contributed by atoms with E-state index in [1.807, 2.05) is 19.0 Å². The number of aliphatic imine (C=N–C) groups is 3. The number of anilines is 1. The molecule has 0 aromatic carbocycles. The molecule has 166 valence electrons. The zero-order valence-electron chi connectivity index (χ0n) is 17.4. The van der Waals surface area contributed by atoms with Crippen LogP contribution in [-0.4, -0.2) is 105 Å². The van der Waals surface area contributed by atoms with Gasteiger partial charge in [0.25, 0.3) is 6.43 Å². The second-order valence-corrected chi connectivity index (χ2v) is 6.61. The average molecular weight is 425 g/mol. The van der Waals surface area contributed by atoms with Gasteiger partial charge in [-0.25, -0.2) is 23.7 Å². The van der Waals surface area contributed by atoms with Gasteiger partial charge in [-0.15, -0.1) is 0 Å². The fourth-order valence-corrected chi connectivity index (χ4v) is 2.73. The molecule has 12 heteroatoms. The standard InChI is InChI=1S/C18H29F2N9O/c1-22-4-6-28(3)7-5-24-16(13-12-25-17(21)26-14(13)15(19)20)27-18(23-2)29-8-10-30-11-9-29/h12,15,22H,2,4-11H2,1,3H3,(H2,21,25,26). The monoisotopic (exact) mass is 425 g/mol. The highest BCUT2D eigenvalue weighted by Gasteiger charge is 2.22. The number of halogens is 2. The van der Waals surface area contributed by atoms with Crippen molar-refractivity contribution in [2.24, 2.45) is 15.0 Å². The van der Waals surface area contributed by atoms with Crippen molar-refractivity contribution in [2.45, 2.75) is 6.43 Å².